The number of hydrazine groups is 1. The number of rotatable bonds is 9. The summed E-state index contributed by atoms with van der Waals surface area (Å²) in [6.45, 7) is 1.95. The summed E-state index contributed by atoms with van der Waals surface area (Å²) in [5, 5.41) is 1.02. The first-order valence-corrected chi connectivity index (χ1v) is 6.84. The van der Waals surface area contributed by atoms with Crippen LogP contribution in [-0.4, -0.2) is 49.3 Å². The zero-order valence-electron chi connectivity index (χ0n) is 12.7. The molecule has 1 rings (SSSR count). The minimum atomic E-state index is -1.20. The molecule has 0 spiro atoms. The Bertz CT molecular complexity index is 528. The van der Waals surface area contributed by atoms with Crippen LogP contribution in [0.2, 0.25) is 0 Å². The number of nitrogens with one attached hydrogen (secondary N) is 1. The molecule has 0 radical (unpaired) electrons. The van der Waals surface area contributed by atoms with Crippen LogP contribution in [0.25, 0.3) is 6.08 Å². The standard InChI is InChI=1S/C16H20N2O4/c1-13(20)18(17-10-11-22-2)15(12-19)16(21)9-8-14-6-4-3-5-7-14/h3-9,12,15,17H,10-11H2,1-2H3. The third-order valence-corrected chi connectivity index (χ3v) is 2.87. The molecule has 0 saturated heterocycles. The highest BCUT2D eigenvalue weighted by molar-refractivity contribution is 6.08. The van der Waals surface area contributed by atoms with Crippen molar-refractivity contribution in [3.8, 4) is 0 Å². The normalized spacial score (nSPS) is 12.1. The van der Waals surface area contributed by atoms with Crippen LogP contribution >= 0.6 is 0 Å². The van der Waals surface area contributed by atoms with Gasteiger partial charge in [-0.05, 0) is 11.6 Å². The van der Waals surface area contributed by atoms with Crippen LogP contribution in [0.15, 0.2) is 36.4 Å². The summed E-state index contributed by atoms with van der Waals surface area (Å²) in [5.74, 6) is -0.895. The molecule has 0 saturated carbocycles. The van der Waals surface area contributed by atoms with Gasteiger partial charge in [0.25, 0.3) is 0 Å². The van der Waals surface area contributed by atoms with Crippen LogP contribution in [0.4, 0.5) is 0 Å². The summed E-state index contributed by atoms with van der Waals surface area (Å²) in [5.41, 5.74) is 3.56. The van der Waals surface area contributed by atoms with Gasteiger partial charge in [0.05, 0.1) is 6.61 Å². The molecule has 1 aromatic rings. The third kappa shape index (κ3) is 5.59. The molecular formula is C16H20N2O4. The summed E-state index contributed by atoms with van der Waals surface area (Å²) in [7, 11) is 1.52. The van der Waals surface area contributed by atoms with Gasteiger partial charge in [0.15, 0.2) is 18.1 Å². The molecule has 6 nitrogen and oxygen atoms in total. The van der Waals surface area contributed by atoms with Gasteiger partial charge in [0.2, 0.25) is 5.91 Å². The molecule has 6 heteroatoms. The van der Waals surface area contributed by atoms with Gasteiger partial charge in [-0.3, -0.25) is 14.6 Å². The number of nitrogens with zero attached hydrogens (tertiary/aromatic N) is 1. The molecule has 22 heavy (non-hydrogen) atoms. The molecule has 1 N–H and O–H groups in total. The number of benzene rings is 1. The minimum absolute atomic E-state index is 0.316. The number of hydrogen-bond donors (Lipinski definition) is 1. The molecule has 0 bridgehead atoms. The topological polar surface area (TPSA) is 75.7 Å². The van der Waals surface area contributed by atoms with Crippen LogP contribution in [0.5, 0.6) is 0 Å². The first-order chi connectivity index (χ1) is 10.6. The average molecular weight is 304 g/mol. The van der Waals surface area contributed by atoms with Gasteiger partial charge in [-0.25, -0.2) is 5.43 Å². The zero-order valence-corrected chi connectivity index (χ0v) is 12.7. The van der Waals surface area contributed by atoms with E-state index in [4.69, 9.17) is 4.74 Å². The number of hydrogen-bond acceptors (Lipinski definition) is 5. The number of aldehydes is 1. The molecule has 118 valence electrons. The van der Waals surface area contributed by atoms with Crippen molar-refractivity contribution in [1.82, 2.24) is 10.4 Å². The van der Waals surface area contributed by atoms with E-state index >= 15 is 0 Å². The summed E-state index contributed by atoms with van der Waals surface area (Å²) < 4.78 is 4.86. The van der Waals surface area contributed by atoms with Crippen molar-refractivity contribution in [3.05, 3.63) is 42.0 Å². The van der Waals surface area contributed by atoms with E-state index in [1.807, 2.05) is 30.3 Å². The van der Waals surface area contributed by atoms with E-state index in [1.165, 1.54) is 20.1 Å². The number of amides is 1. The Balaban J connectivity index is 2.78. The van der Waals surface area contributed by atoms with E-state index in [0.717, 1.165) is 10.6 Å². The molecular weight excluding hydrogens is 284 g/mol. The summed E-state index contributed by atoms with van der Waals surface area (Å²) in [6, 6.07) is 8.02. The monoisotopic (exact) mass is 304 g/mol. The fraction of sp³-hybridized carbons (Fsp3) is 0.312. The molecule has 1 atom stereocenters. The SMILES string of the molecule is COCCNN(C(C)=O)C(C=O)C(=O)C=Cc1ccccc1. The molecule has 0 aliphatic carbocycles. The maximum Gasteiger partial charge on any atom is 0.234 e. The maximum absolute atomic E-state index is 12.1. The maximum atomic E-state index is 12.1. The van der Waals surface area contributed by atoms with Crippen LogP contribution in [0.3, 0.4) is 0 Å². The number of methoxy groups -OCH3 is 1. The van der Waals surface area contributed by atoms with E-state index in [9.17, 15) is 14.4 Å². The van der Waals surface area contributed by atoms with E-state index in [0.29, 0.717) is 19.4 Å². The minimum Gasteiger partial charge on any atom is -0.383 e. The van der Waals surface area contributed by atoms with Gasteiger partial charge in [-0.1, -0.05) is 36.4 Å². The van der Waals surface area contributed by atoms with Crippen LogP contribution in [0.1, 0.15) is 12.5 Å². The molecule has 1 aromatic carbocycles. The Labute approximate surface area is 129 Å². The highest BCUT2D eigenvalue weighted by Gasteiger charge is 2.25. The Morgan fingerprint density at radius 2 is 2.00 bits per heavy atom. The molecule has 0 heterocycles. The predicted octanol–water partition coefficient (Wildman–Crippen LogP) is 0.836. The average Bonchev–Trinajstić information content (AvgIpc) is 2.53. The lowest BCUT2D eigenvalue weighted by Gasteiger charge is -2.25. The Hall–Kier alpha value is -2.31. The highest BCUT2D eigenvalue weighted by Crippen LogP contribution is 2.04. The molecule has 0 aliphatic heterocycles. The van der Waals surface area contributed by atoms with E-state index in [2.05, 4.69) is 5.43 Å². The summed E-state index contributed by atoms with van der Waals surface area (Å²) >= 11 is 0. The highest BCUT2D eigenvalue weighted by atomic mass is 16.5. The fourth-order valence-corrected chi connectivity index (χ4v) is 1.77. The van der Waals surface area contributed by atoms with Crippen LogP contribution < -0.4 is 5.43 Å². The largest absolute Gasteiger partial charge is 0.383 e. The van der Waals surface area contributed by atoms with Gasteiger partial charge in [0, 0.05) is 20.6 Å². The lowest BCUT2D eigenvalue weighted by atomic mass is 10.1. The second kappa shape index (κ2) is 9.59. The van der Waals surface area contributed by atoms with Crippen LogP contribution in [-0.2, 0) is 19.1 Å². The van der Waals surface area contributed by atoms with Gasteiger partial charge >= 0.3 is 0 Å². The molecule has 1 amide bonds. The number of carbonyl (C=O) groups excluding carboxylic acids is 3. The molecule has 0 aromatic heterocycles. The van der Waals surface area contributed by atoms with Crippen molar-refractivity contribution < 1.29 is 19.1 Å². The van der Waals surface area contributed by atoms with Crippen molar-refractivity contribution in [1.29, 1.82) is 0 Å². The first-order valence-electron chi connectivity index (χ1n) is 6.84. The Morgan fingerprint density at radius 1 is 1.32 bits per heavy atom. The number of ketones is 1. The summed E-state index contributed by atoms with van der Waals surface area (Å²) in [6.07, 6.45) is 3.34. The molecule has 1 unspecified atom stereocenters. The zero-order chi connectivity index (χ0) is 16.4. The molecule has 0 fully saturated rings. The quantitative estimate of drug-likeness (QED) is 0.240. The van der Waals surface area contributed by atoms with Gasteiger partial charge in [-0.2, -0.15) is 0 Å². The van der Waals surface area contributed by atoms with Crippen molar-refractivity contribution in [2.45, 2.75) is 13.0 Å². The van der Waals surface area contributed by atoms with Crippen molar-refractivity contribution in [2.75, 3.05) is 20.3 Å². The van der Waals surface area contributed by atoms with Crippen molar-refractivity contribution in [2.24, 2.45) is 0 Å². The summed E-state index contributed by atoms with van der Waals surface area (Å²) in [4.78, 5) is 35.0. The predicted molar refractivity (Wildman–Crippen MR) is 82.7 cm³/mol. The van der Waals surface area contributed by atoms with Crippen LogP contribution in [0, 0.1) is 0 Å². The number of ether oxygens (including phenoxy) is 1. The van der Waals surface area contributed by atoms with Gasteiger partial charge in [0.1, 0.15) is 0 Å². The van der Waals surface area contributed by atoms with Gasteiger partial charge < -0.3 is 9.53 Å². The van der Waals surface area contributed by atoms with Crippen molar-refractivity contribution >= 4 is 24.1 Å². The first kappa shape index (κ1) is 17.7. The number of carbonyl (C=O) groups is 3. The second-order valence-corrected chi connectivity index (χ2v) is 4.52. The van der Waals surface area contributed by atoms with Crippen molar-refractivity contribution in [3.63, 3.8) is 0 Å². The van der Waals surface area contributed by atoms with E-state index in [-0.39, 0.29) is 0 Å². The lowest BCUT2D eigenvalue weighted by Crippen LogP contribution is -2.53. The molecule has 0 aliphatic rings. The van der Waals surface area contributed by atoms with E-state index in [1.54, 1.807) is 6.08 Å². The Morgan fingerprint density at radius 3 is 2.55 bits per heavy atom. The lowest BCUT2D eigenvalue weighted by molar-refractivity contribution is -0.143. The van der Waals surface area contributed by atoms with Gasteiger partial charge in [-0.15, -0.1) is 0 Å². The third-order valence-electron chi connectivity index (χ3n) is 2.87. The smallest absolute Gasteiger partial charge is 0.234 e. The fourth-order valence-electron chi connectivity index (χ4n) is 1.77. The Kier molecular flexibility index (Phi) is 7.74. The van der Waals surface area contributed by atoms with E-state index < -0.39 is 17.7 Å². The second-order valence-electron chi connectivity index (χ2n) is 4.52.